The second-order valence-electron chi connectivity index (χ2n) is 4.22. The van der Waals surface area contributed by atoms with Crippen LogP contribution in [0.2, 0.25) is 0 Å². The predicted molar refractivity (Wildman–Crippen MR) is 67.0 cm³/mol. The van der Waals surface area contributed by atoms with Crippen molar-refractivity contribution < 1.29 is 19.8 Å². The second-order valence-corrected chi connectivity index (χ2v) is 4.22. The molecule has 5 heteroatoms. The molecule has 0 heterocycles. The lowest BCUT2D eigenvalue weighted by Crippen LogP contribution is -2.30. The van der Waals surface area contributed by atoms with Gasteiger partial charge in [-0.2, -0.15) is 0 Å². The van der Waals surface area contributed by atoms with E-state index in [9.17, 15) is 9.59 Å². The van der Waals surface area contributed by atoms with Crippen LogP contribution in [0.3, 0.4) is 0 Å². The third kappa shape index (κ3) is 3.30. The SMILES string of the molecule is CC(C(=O)O)C(C)C(=O)Nc1ccccc1CO. The molecule has 0 bridgehead atoms. The Morgan fingerprint density at radius 3 is 2.39 bits per heavy atom. The molecule has 0 saturated carbocycles. The quantitative estimate of drug-likeness (QED) is 0.739. The highest BCUT2D eigenvalue weighted by Crippen LogP contribution is 2.18. The van der Waals surface area contributed by atoms with Crippen molar-refractivity contribution in [3.8, 4) is 0 Å². The van der Waals surface area contributed by atoms with Gasteiger partial charge in [-0.15, -0.1) is 0 Å². The number of benzene rings is 1. The van der Waals surface area contributed by atoms with Crippen LogP contribution < -0.4 is 5.32 Å². The number of amides is 1. The predicted octanol–water partition coefficient (Wildman–Crippen LogP) is 1.47. The number of hydrogen-bond donors (Lipinski definition) is 3. The highest BCUT2D eigenvalue weighted by molar-refractivity contribution is 5.95. The van der Waals surface area contributed by atoms with E-state index in [-0.39, 0.29) is 12.5 Å². The van der Waals surface area contributed by atoms with E-state index in [1.807, 2.05) is 0 Å². The van der Waals surface area contributed by atoms with Gasteiger partial charge in [-0.05, 0) is 6.07 Å². The molecule has 98 valence electrons. The third-order valence-electron chi connectivity index (χ3n) is 3.00. The number of aliphatic carboxylic acids is 1. The lowest BCUT2D eigenvalue weighted by atomic mass is 9.95. The molecule has 1 aromatic carbocycles. The summed E-state index contributed by atoms with van der Waals surface area (Å²) in [7, 11) is 0. The van der Waals surface area contributed by atoms with Crippen molar-refractivity contribution >= 4 is 17.6 Å². The Hall–Kier alpha value is -1.88. The van der Waals surface area contributed by atoms with Gasteiger partial charge in [0.2, 0.25) is 5.91 Å². The molecule has 0 aliphatic heterocycles. The van der Waals surface area contributed by atoms with Crippen molar-refractivity contribution in [1.82, 2.24) is 0 Å². The Labute approximate surface area is 105 Å². The van der Waals surface area contributed by atoms with Crippen molar-refractivity contribution in [1.29, 1.82) is 0 Å². The molecule has 0 fully saturated rings. The van der Waals surface area contributed by atoms with Crippen LogP contribution >= 0.6 is 0 Å². The molecule has 0 spiro atoms. The lowest BCUT2D eigenvalue weighted by molar-refractivity contribution is -0.145. The number of hydrogen-bond acceptors (Lipinski definition) is 3. The summed E-state index contributed by atoms with van der Waals surface area (Å²) in [5.74, 6) is -2.78. The van der Waals surface area contributed by atoms with Crippen LogP contribution in [0.5, 0.6) is 0 Å². The Bertz CT molecular complexity index is 444. The van der Waals surface area contributed by atoms with Gasteiger partial charge in [-0.25, -0.2) is 0 Å². The molecule has 3 N–H and O–H groups in total. The minimum atomic E-state index is -1.01. The van der Waals surface area contributed by atoms with Crippen LogP contribution in [-0.2, 0) is 16.2 Å². The van der Waals surface area contributed by atoms with E-state index in [1.165, 1.54) is 6.92 Å². The first kappa shape index (κ1) is 14.2. The van der Waals surface area contributed by atoms with E-state index in [2.05, 4.69) is 5.32 Å². The molecule has 2 unspecified atom stereocenters. The molecule has 0 radical (unpaired) electrons. The van der Waals surface area contributed by atoms with Crippen molar-refractivity contribution in [2.24, 2.45) is 11.8 Å². The number of carboxylic acid groups (broad SMARTS) is 1. The fourth-order valence-corrected chi connectivity index (χ4v) is 1.47. The molecule has 1 amide bonds. The Balaban J connectivity index is 2.78. The van der Waals surface area contributed by atoms with E-state index >= 15 is 0 Å². The van der Waals surface area contributed by atoms with E-state index in [4.69, 9.17) is 10.2 Å². The number of aliphatic hydroxyl groups excluding tert-OH is 1. The van der Waals surface area contributed by atoms with Crippen LogP contribution in [0.4, 0.5) is 5.69 Å². The molecule has 2 atom stereocenters. The molecule has 5 nitrogen and oxygen atoms in total. The van der Waals surface area contributed by atoms with Gasteiger partial charge < -0.3 is 15.5 Å². The number of rotatable bonds is 5. The number of anilines is 1. The van der Waals surface area contributed by atoms with Gasteiger partial charge in [-0.1, -0.05) is 32.0 Å². The van der Waals surface area contributed by atoms with E-state index < -0.39 is 17.8 Å². The number of carboxylic acids is 1. The Morgan fingerprint density at radius 1 is 1.22 bits per heavy atom. The van der Waals surface area contributed by atoms with Gasteiger partial charge in [0.25, 0.3) is 0 Å². The van der Waals surface area contributed by atoms with Crippen LogP contribution in [-0.4, -0.2) is 22.1 Å². The summed E-state index contributed by atoms with van der Waals surface area (Å²) in [5, 5.41) is 20.6. The first-order chi connectivity index (χ1) is 8.47. The number of nitrogens with one attached hydrogen (secondary N) is 1. The summed E-state index contributed by atoms with van der Waals surface area (Å²) in [5.41, 5.74) is 1.11. The summed E-state index contributed by atoms with van der Waals surface area (Å²) in [6.45, 7) is 2.87. The van der Waals surface area contributed by atoms with Crippen molar-refractivity contribution in [3.05, 3.63) is 29.8 Å². The van der Waals surface area contributed by atoms with Crippen molar-refractivity contribution in [2.45, 2.75) is 20.5 Å². The number of carbonyl (C=O) groups excluding carboxylic acids is 1. The summed E-state index contributed by atoms with van der Waals surface area (Å²) >= 11 is 0. The van der Waals surface area contributed by atoms with Crippen LogP contribution in [0, 0.1) is 11.8 Å². The summed E-state index contributed by atoms with van der Waals surface area (Å²) in [6, 6.07) is 6.85. The second kappa shape index (κ2) is 6.16. The standard InChI is InChI=1S/C13H17NO4/c1-8(9(2)13(17)18)12(16)14-11-6-4-3-5-10(11)7-15/h3-6,8-9,15H,7H2,1-2H3,(H,14,16)(H,17,18). The van der Waals surface area contributed by atoms with Gasteiger partial charge in [0.05, 0.1) is 12.5 Å². The molecule has 0 saturated heterocycles. The maximum absolute atomic E-state index is 11.9. The molecule has 1 aromatic rings. The topological polar surface area (TPSA) is 86.6 Å². The number of carbonyl (C=O) groups is 2. The average molecular weight is 251 g/mol. The van der Waals surface area contributed by atoms with Crippen molar-refractivity contribution in [2.75, 3.05) is 5.32 Å². The summed E-state index contributed by atoms with van der Waals surface area (Å²) < 4.78 is 0. The fourth-order valence-electron chi connectivity index (χ4n) is 1.47. The lowest BCUT2D eigenvalue weighted by Gasteiger charge is -2.17. The van der Waals surface area contributed by atoms with Crippen molar-refractivity contribution in [3.63, 3.8) is 0 Å². The molecule has 1 rings (SSSR count). The highest BCUT2D eigenvalue weighted by Gasteiger charge is 2.26. The molecular formula is C13H17NO4. The van der Waals surface area contributed by atoms with E-state index in [0.717, 1.165) is 0 Å². The zero-order valence-electron chi connectivity index (χ0n) is 10.4. The maximum atomic E-state index is 11.9. The van der Waals surface area contributed by atoms with Crippen LogP contribution in [0.15, 0.2) is 24.3 Å². The molecule has 18 heavy (non-hydrogen) atoms. The number of para-hydroxylation sites is 1. The van der Waals surface area contributed by atoms with Crippen LogP contribution in [0.25, 0.3) is 0 Å². The average Bonchev–Trinajstić information content (AvgIpc) is 2.37. The summed E-state index contributed by atoms with van der Waals surface area (Å²) in [4.78, 5) is 22.7. The monoisotopic (exact) mass is 251 g/mol. The Kier molecular flexibility index (Phi) is 4.85. The maximum Gasteiger partial charge on any atom is 0.307 e. The Morgan fingerprint density at radius 2 is 1.83 bits per heavy atom. The van der Waals surface area contributed by atoms with Gasteiger partial charge in [0.15, 0.2) is 0 Å². The molecule has 0 aliphatic carbocycles. The largest absolute Gasteiger partial charge is 0.481 e. The number of aliphatic hydroxyl groups is 1. The van der Waals surface area contributed by atoms with Gasteiger partial charge in [-0.3, -0.25) is 9.59 Å². The fraction of sp³-hybridized carbons (Fsp3) is 0.385. The van der Waals surface area contributed by atoms with Gasteiger partial charge in [0.1, 0.15) is 0 Å². The minimum Gasteiger partial charge on any atom is -0.481 e. The molecule has 0 aromatic heterocycles. The highest BCUT2D eigenvalue weighted by atomic mass is 16.4. The van der Waals surface area contributed by atoms with Gasteiger partial charge in [0, 0.05) is 17.2 Å². The van der Waals surface area contributed by atoms with Crippen LogP contribution in [0.1, 0.15) is 19.4 Å². The molecular weight excluding hydrogens is 234 g/mol. The molecule has 0 aliphatic rings. The smallest absolute Gasteiger partial charge is 0.307 e. The van der Waals surface area contributed by atoms with Gasteiger partial charge >= 0.3 is 5.97 Å². The third-order valence-corrected chi connectivity index (χ3v) is 3.00. The normalized spacial score (nSPS) is 13.7. The first-order valence-electron chi connectivity index (χ1n) is 5.69. The first-order valence-corrected chi connectivity index (χ1v) is 5.69. The summed E-state index contributed by atoms with van der Waals surface area (Å²) in [6.07, 6.45) is 0. The zero-order chi connectivity index (χ0) is 13.7. The minimum absolute atomic E-state index is 0.181. The van der Waals surface area contributed by atoms with E-state index in [0.29, 0.717) is 11.3 Å². The van der Waals surface area contributed by atoms with E-state index in [1.54, 1.807) is 31.2 Å². The zero-order valence-corrected chi connectivity index (χ0v) is 10.4.